The molecule has 0 aliphatic carbocycles. The summed E-state index contributed by atoms with van der Waals surface area (Å²) in [6.45, 7) is 1.13. The van der Waals surface area contributed by atoms with Gasteiger partial charge < -0.3 is 5.32 Å². The van der Waals surface area contributed by atoms with Crippen LogP contribution in [0.15, 0.2) is 23.1 Å². The quantitative estimate of drug-likeness (QED) is 0.642. The largest absolute Gasteiger partial charge is 0.310 e. The Morgan fingerprint density at radius 3 is 3.00 bits per heavy atom. The number of rotatable bonds is 8. The highest BCUT2D eigenvalue weighted by atomic mass is 35.5. The summed E-state index contributed by atoms with van der Waals surface area (Å²) in [6, 6.07) is 6.80. The van der Waals surface area contributed by atoms with Gasteiger partial charge in [-0.15, -0.1) is 11.8 Å². The molecule has 0 aromatic heterocycles. The molecule has 2 rings (SSSR count). The first-order valence-corrected chi connectivity index (χ1v) is 10.2. The van der Waals surface area contributed by atoms with Crippen LogP contribution in [0.1, 0.15) is 43.7 Å². The van der Waals surface area contributed by atoms with Gasteiger partial charge in [0.05, 0.1) is 0 Å². The molecule has 1 unspecified atom stereocenters. The maximum Gasteiger partial charge on any atom is 0.0410 e. The van der Waals surface area contributed by atoms with Gasteiger partial charge in [-0.1, -0.05) is 24.4 Å². The molecule has 1 aliphatic heterocycles. The van der Waals surface area contributed by atoms with Gasteiger partial charge in [0.2, 0.25) is 0 Å². The van der Waals surface area contributed by atoms with Crippen LogP contribution in [0.5, 0.6) is 0 Å². The molecule has 0 spiro atoms. The molecule has 1 aromatic rings. The van der Waals surface area contributed by atoms with Crippen LogP contribution in [0, 0.1) is 0 Å². The smallest absolute Gasteiger partial charge is 0.0410 e. The summed E-state index contributed by atoms with van der Waals surface area (Å²) in [5, 5.41) is 4.58. The van der Waals surface area contributed by atoms with Crippen LogP contribution in [0.2, 0.25) is 5.02 Å². The third-order valence-electron chi connectivity index (χ3n) is 3.68. The van der Waals surface area contributed by atoms with Crippen molar-refractivity contribution in [3.05, 3.63) is 28.8 Å². The fourth-order valence-electron chi connectivity index (χ4n) is 2.58. The van der Waals surface area contributed by atoms with Gasteiger partial charge in [-0.05, 0) is 67.3 Å². The molecule has 1 heterocycles. The predicted molar refractivity (Wildman–Crippen MR) is 94.4 cm³/mol. The SMILES string of the molecule is CSCCCCCCNC1CCSc2ccc(Cl)cc21. The lowest BCUT2D eigenvalue weighted by Gasteiger charge is -2.26. The number of hydrogen-bond acceptors (Lipinski definition) is 3. The average molecular weight is 330 g/mol. The Kier molecular flexibility index (Phi) is 7.64. The molecule has 20 heavy (non-hydrogen) atoms. The number of benzene rings is 1. The van der Waals surface area contributed by atoms with Crippen LogP contribution in [0.25, 0.3) is 0 Å². The lowest BCUT2D eigenvalue weighted by atomic mass is 10.0. The van der Waals surface area contributed by atoms with Crippen molar-refractivity contribution in [2.45, 2.75) is 43.0 Å². The highest BCUT2D eigenvalue weighted by Crippen LogP contribution is 2.37. The van der Waals surface area contributed by atoms with Crippen molar-refractivity contribution < 1.29 is 0 Å². The van der Waals surface area contributed by atoms with Crippen molar-refractivity contribution >= 4 is 35.1 Å². The van der Waals surface area contributed by atoms with E-state index in [9.17, 15) is 0 Å². The Bertz CT molecular complexity index is 411. The summed E-state index contributed by atoms with van der Waals surface area (Å²) in [5.41, 5.74) is 1.40. The molecule has 1 N–H and O–H groups in total. The number of fused-ring (bicyclic) bond motifs is 1. The first-order valence-electron chi connectivity index (χ1n) is 7.46. The molecule has 112 valence electrons. The van der Waals surface area contributed by atoms with Crippen molar-refractivity contribution in [3.63, 3.8) is 0 Å². The summed E-state index contributed by atoms with van der Waals surface area (Å²) >= 11 is 10.0. The maximum absolute atomic E-state index is 6.14. The standard InChI is InChI=1S/C16H24ClNS2/c1-19-10-5-3-2-4-9-18-15-8-11-20-16-7-6-13(17)12-14(15)16/h6-7,12,15,18H,2-5,8-11H2,1H3. The Balaban J connectivity index is 1.73. The highest BCUT2D eigenvalue weighted by Gasteiger charge is 2.20. The Morgan fingerprint density at radius 2 is 2.15 bits per heavy atom. The molecular formula is C16H24ClNS2. The second-order valence-electron chi connectivity index (χ2n) is 5.23. The van der Waals surface area contributed by atoms with E-state index < -0.39 is 0 Å². The van der Waals surface area contributed by atoms with E-state index in [2.05, 4.69) is 23.7 Å². The first-order chi connectivity index (χ1) is 9.81. The molecule has 0 saturated carbocycles. The van der Waals surface area contributed by atoms with Crippen LogP contribution >= 0.6 is 35.1 Å². The van der Waals surface area contributed by atoms with E-state index in [1.54, 1.807) is 0 Å². The van der Waals surface area contributed by atoms with E-state index in [-0.39, 0.29) is 0 Å². The third-order valence-corrected chi connectivity index (χ3v) is 5.73. The predicted octanol–water partition coefficient (Wildman–Crippen LogP) is 5.39. The molecular weight excluding hydrogens is 306 g/mol. The number of thioether (sulfide) groups is 2. The van der Waals surface area contributed by atoms with Crippen molar-refractivity contribution in [1.82, 2.24) is 5.32 Å². The number of nitrogens with one attached hydrogen (secondary N) is 1. The summed E-state index contributed by atoms with van der Waals surface area (Å²) in [5.74, 6) is 2.51. The molecule has 1 nitrogen and oxygen atoms in total. The van der Waals surface area contributed by atoms with Crippen LogP contribution in [-0.4, -0.2) is 24.3 Å². The monoisotopic (exact) mass is 329 g/mol. The van der Waals surface area contributed by atoms with E-state index in [1.807, 2.05) is 29.6 Å². The topological polar surface area (TPSA) is 12.0 Å². The highest BCUT2D eigenvalue weighted by molar-refractivity contribution is 7.99. The molecule has 1 atom stereocenters. The van der Waals surface area contributed by atoms with E-state index in [1.165, 1.54) is 54.1 Å². The van der Waals surface area contributed by atoms with Crippen LogP contribution in [-0.2, 0) is 0 Å². The van der Waals surface area contributed by atoms with Gasteiger partial charge in [0.15, 0.2) is 0 Å². The van der Waals surface area contributed by atoms with Crippen molar-refractivity contribution in [3.8, 4) is 0 Å². The molecule has 0 saturated heterocycles. The van der Waals surface area contributed by atoms with Gasteiger partial charge in [-0.3, -0.25) is 0 Å². The minimum atomic E-state index is 0.496. The summed E-state index contributed by atoms with van der Waals surface area (Å²) in [7, 11) is 0. The molecule has 0 bridgehead atoms. The third kappa shape index (κ3) is 5.18. The maximum atomic E-state index is 6.14. The lowest BCUT2D eigenvalue weighted by Crippen LogP contribution is -2.25. The number of unbranched alkanes of at least 4 members (excludes halogenated alkanes) is 3. The lowest BCUT2D eigenvalue weighted by molar-refractivity contribution is 0.491. The van der Waals surface area contributed by atoms with Gasteiger partial charge in [-0.2, -0.15) is 11.8 Å². The van der Waals surface area contributed by atoms with Gasteiger partial charge >= 0.3 is 0 Å². The normalized spacial score (nSPS) is 18.0. The van der Waals surface area contributed by atoms with E-state index >= 15 is 0 Å². The Morgan fingerprint density at radius 1 is 1.30 bits per heavy atom. The number of halogens is 1. The average Bonchev–Trinajstić information content (AvgIpc) is 2.46. The zero-order valence-electron chi connectivity index (χ0n) is 12.2. The van der Waals surface area contributed by atoms with Gasteiger partial charge in [0.25, 0.3) is 0 Å². The number of hydrogen-bond donors (Lipinski definition) is 1. The van der Waals surface area contributed by atoms with E-state index in [0.717, 1.165) is 11.6 Å². The summed E-state index contributed by atoms with van der Waals surface area (Å²) < 4.78 is 0. The van der Waals surface area contributed by atoms with E-state index in [0.29, 0.717) is 6.04 Å². The minimum Gasteiger partial charge on any atom is -0.310 e. The van der Waals surface area contributed by atoms with Crippen LogP contribution in [0.4, 0.5) is 0 Å². The molecule has 0 fully saturated rings. The fraction of sp³-hybridized carbons (Fsp3) is 0.625. The van der Waals surface area contributed by atoms with Gasteiger partial charge in [0, 0.05) is 16.0 Å². The summed E-state index contributed by atoms with van der Waals surface area (Å²) in [4.78, 5) is 1.40. The second kappa shape index (κ2) is 9.24. The van der Waals surface area contributed by atoms with Crippen molar-refractivity contribution in [2.24, 2.45) is 0 Å². The van der Waals surface area contributed by atoms with Crippen molar-refractivity contribution in [1.29, 1.82) is 0 Å². The molecule has 1 aliphatic rings. The van der Waals surface area contributed by atoms with Crippen LogP contribution < -0.4 is 5.32 Å². The van der Waals surface area contributed by atoms with E-state index in [4.69, 9.17) is 11.6 Å². The molecule has 0 radical (unpaired) electrons. The van der Waals surface area contributed by atoms with Crippen molar-refractivity contribution in [2.75, 3.05) is 24.3 Å². The van der Waals surface area contributed by atoms with Gasteiger partial charge in [-0.25, -0.2) is 0 Å². The zero-order valence-corrected chi connectivity index (χ0v) is 14.5. The minimum absolute atomic E-state index is 0.496. The fourth-order valence-corrected chi connectivity index (χ4v) is 4.36. The zero-order chi connectivity index (χ0) is 14.2. The Hall–Kier alpha value is 0.170. The molecule has 4 heteroatoms. The molecule has 0 amide bonds. The molecule has 1 aromatic carbocycles. The van der Waals surface area contributed by atoms with Crippen LogP contribution in [0.3, 0.4) is 0 Å². The second-order valence-corrected chi connectivity index (χ2v) is 7.79. The summed E-state index contributed by atoms with van der Waals surface area (Å²) in [6.07, 6.45) is 8.76. The first kappa shape index (κ1) is 16.5. The Labute approximate surface area is 136 Å². The van der Waals surface area contributed by atoms with Gasteiger partial charge in [0.1, 0.15) is 0 Å².